The number of hydrogen-bond donors (Lipinski definition) is 1. The monoisotopic (exact) mass is 445 g/mol. The van der Waals surface area contributed by atoms with Crippen LogP contribution in [0, 0.1) is 24.2 Å². The van der Waals surface area contributed by atoms with Gasteiger partial charge in [0.2, 0.25) is 0 Å². The topological polar surface area (TPSA) is 95.9 Å². The molecule has 2 N–H and O–H groups in total. The first-order chi connectivity index (χ1) is 16.0. The fourth-order valence-electron chi connectivity index (χ4n) is 7.36. The van der Waals surface area contributed by atoms with E-state index in [1.807, 2.05) is 4.57 Å². The van der Waals surface area contributed by atoms with E-state index >= 15 is 0 Å². The number of anilines is 1. The van der Waals surface area contributed by atoms with E-state index in [9.17, 15) is 4.79 Å². The lowest BCUT2D eigenvalue weighted by molar-refractivity contribution is -0.174. The SMILES string of the molecule is Cc1ccc(C23CC4CC(CC(C(=O)OCCCn5cnc6c(N)ncnc65)(C4)C2)C3)cc1. The third-order valence-corrected chi connectivity index (χ3v) is 8.36. The van der Waals surface area contributed by atoms with Crippen molar-refractivity contribution in [1.82, 2.24) is 19.5 Å². The van der Waals surface area contributed by atoms with Crippen molar-refractivity contribution < 1.29 is 9.53 Å². The molecule has 2 aromatic heterocycles. The Morgan fingerprint density at radius 1 is 1.12 bits per heavy atom. The quantitative estimate of drug-likeness (QED) is 0.451. The molecule has 0 saturated heterocycles. The Bertz CT molecular complexity index is 1190. The summed E-state index contributed by atoms with van der Waals surface area (Å²) in [6.07, 6.45) is 10.6. The summed E-state index contributed by atoms with van der Waals surface area (Å²) in [4.78, 5) is 26.0. The molecular weight excluding hydrogens is 414 g/mol. The van der Waals surface area contributed by atoms with Gasteiger partial charge in [-0.15, -0.1) is 0 Å². The molecule has 2 unspecified atom stereocenters. The van der Waals surface area contributed by atoms with E-state index in [1.165, 1.54) is 36.7 Å². The molecule has 0 radical (unpaired) electrons. The number of nitrogen functional groups attached to an aromatic ring is 1. The van der Waals surface area contributed by atoms with Crippen LogP contribution in [0.4, 0.5) is 5.82 Å². The summed E-state index contributed by atoms with van der Waals surface area (Å²) < 4.78 is 7.87. The highest BCUT2D eigenvalue weighted by Gasteiger charge is 2.61. The average Bonchev–Trinajstić information content (AvgIpc) is 3.20. The predicted octanol–water partition coefficient (Wildman–Crippen LogP) is 4.19. The Labute approximate surface area is 193 Å². The number of aromatic nitrogens is 4. The number of aryl methyl sites for hydroxylation is 2. The van der Waals surface area contributed by atoms with Crippen LogP contribution in [0.1, 0.15) is 56.1 Å². The van der Waals surface area contributed by atoms with Crippen molar-refractivity contribution in [2.75, 3.05) is 12.3 Å². The fraction of sp³-hybridized carbons (Fsp3) is 0.538. The molecule has 4 aliphatic rings. The van der Waals surface area contributed by atoms with Crippen molar-refractivity contribution in [3.63, 3.8) is 0 Å². The summed E-state index contributed by atoms with van der Waals surface area (Å²) in [7, 11) is 0. The molecule has 7 rings (SSSR count). The first kappa shape index (κ1) is 20.6. The van der Waals surface area contributed by atoms with Gasteiger partial charge in [-0.1, -0.05) is 29.8 Å². The first-order valence-electron chi connectivity index (χ1n) is 12.1. The van der Waals surface area contributed by atoms with E-state index in [-0.39, 0.29) is 16.8 Å². The fourth-order valence-corrected chi connectivity index (χ4v) is 7.36. The number of hydrogen-bond acceptors (Lipinski definition) is 6. The third kappa shape index (κ3) is 3.40. The van der Waals surface area contributed by atoms with Crippen LogP contribution in [0.3, 0.4) is 0 Å². The number of rotatable bonds is 6. The minimum absolute atomic E-state index is 0.0233. The zero-order chi connectivity index (χ0) is 22.6. The molecule has 33 heavy (non-hydrogen) atoms. The number of ether oxygens (including phenoxy) is 1. The normalized spacial score (nSPS) is 30.1. The number of carbonyl (C=O) groups is 1. The van der Waals surface area contributed by atoms with Crippen LogP contribution in [0.15, 0.2) is 36.9 Å². The number of nitrogens with zero attached hydrogens (tertiary/aromatic N) is 4. The van der Waals surface area contributed by atoms with Gasteiger partial charge < -0.3 is 15.0 Å². The number of nitrogens with two attached hydrogens (primary N) is 1. The molecule has 1 aromatic carbocycles. The third-order valence-electron chi connectivity index (χ3n) is 8.36. The Hall–Kier alpha value is -2.96. The van der Waals surface area contributed by atoms with Gasteiger partial charge in [0.15, 0.2) is 11.5 Å². The van der Waals surface area contributed by atoms with Crippen molar-refractivity contribution in [3.8, 4) is 0 Å². The summed E-state index contributed by atoms with van der Waals surface area (Å²) in [6, 6.07) is 9.04. The van der Waals surface area contributed by atoms with Gasteiger partial charge in [-0.05, 0) is 74.7 Å². The molecule has 0 aliphatic heterocycles. The highest BCUT2D eigenvalue weighted by molar-refractivity contribution is 5.81. The molecular formula is C26H31N5O2. The van der Waals surface area contributed by atoms with Gasteiger partial charge in [-0.3, -0.25) is 4.79 Å². The van der Waals surface area contributed by atoms with Crippen molar-refractivity contribution >= 4 is 23.0 Å². The summed E-state index contributed by atoms with van der Waals surface area (Å²) in [6.45, 7) is 3.22. The van der Waals surface area contributed by atoms with Gasteiger partial charge in [0.05, 0.1) is 18.3 Å². The van der Waals surface area contributed by atoms with Gasteiger partial charge in [-0.2, -0.15) is 0 Å². The molecule has 2 atom stereocenters. The standard InChI is InChI=1S/C26H31N5O2/c1-17-3-5-20(6-4-17)25-10-18-9-19(11-25)13-26(12-18,14-25)24(32)33-8-2-7-31-16-30-21-22(27)28-15-29-23(21)31/h3-6,15-16,18-19H,2,7-14H2,1H3,(H2,27,28,29). The Balaban J connectivity index is 1.14. The lowest BCUT2D eigenvalue weighted by atomic mass is 9.43. The number of carbonyl (C=O) groups excluding carboxylic acids is 1. The van der Waals surface area contributed by atoms with Crippen molar-refractivity contribution in [2.45, 2.75) is 63.8 Å². The molecule has 0 amide bonds. The maximum absolute atomic E-state index is 13.5. The Kier molecular flexibility index (Phi) is 4.71. The van der Waals surface area contributed by atoms with Gasteiger partial charge in [-0.25, -0.2) is 15.0 Å². The Morgan fingerprint density at radius 2 is 1.88 bits per heavy atom. The minimum atomic E-state index is -0.307. The van der Waals surface area contributed by atoms with Gasteiger partial charge in [0.25, 0.3) is 0 Å². The number of fused-ring (bicyclic) bond motifs is 1. The van der Waals surface area contributed by atoms with Crippen LogP contribution >= 0.6 is 0 Å². The van der Waals surface area contributed by atoms with Gasteiger partial charge in [0.1, 0.15) is 11.8 Å². The molecule has 4 saturated carbocycles. The molecule has 7 heteroatoms. The maximum Gasteiger partial charge on any atom is 0.312 e. The number of imidazole rings is 1. The maximum atomic E-state index is 13.5. The van der Waals surface area contributed by atoms with Gasteiger partial charge in [0, 0.05) is 6.54 Å². The molecule has 0 spiro atoms. The first-order valence-corrected chi connectivity index (χ1v) is 12.1. The number of benzene rings is 1. The van der Waals surface area contributed by atoms with E-state index in [1.54, 1.807) is 6.33 Å². The number of esters is 1. The van der Waals surface area contributed by atoms with E-state index in [2.05, 4.69) is 46.1 Å². The summed E-state index contributed by atoms with van der Waals surface area (Å²) in [5.41, 5.74) is 9.76. The molecule has 4 bridgehead atoms. The lowest BCUT2D eigenvalue weighted by Crippen LogP contribution is -2.57. The average molecular weight is 446 g/mol. The predicted molar refractivity (Wildman–Crippen MR) is 125 cm³/mol. The zero-order valence-corrected chi connectivity index (χ0v) is 19.2. The van der Waals surface area contributed by atoms with Crippen LogP contribution in [0.2, 0.25) is 0 Å². The van der Waals surface area contributed by atoms with E-state index in [4.69, 9.17) is 10.5 Å². The molecule has 2 heterocycles. The second-order valence-corrected chi connectivity index (χ2v) is 10.7. The summed E-state index contributed by atoms with van der Waals surface area (Å²) in [5.74, 6) is 1.69. The summed E-state index contributed by atoms with van der Waals surface area (Å²) in [5, 5.41) is 0. The van der Waals surface area contributed by atoms with Crippen molar-refractivity contribution in [3.05, 3.63) is 48.0 Å². The smallest absolute Gasteiger partial charge is 0.312 e. The molecule has 3 aromatic rings. The second kappa shape index (κ2) is 7.54. The van der Waals surface area contributed by atoms with Crippen molar-refractivity contribution in [1.29, 1.82) is 0 Å². The van der Waals surface area contributed by atoms with Crippen LogP contribution in [-0.4, -0.2) is 32.1 Å². The lowest BCUT2D eigenvalue weighted by Gasteiger charge is -2.61. The highest BCUT2D eigenvalue weighted by atomic mass is 16.5. The molecule has 4 aliphatic carbocycles. The minimum Gasteiger partial charge on any atom is -0.465 e. The Morgan fingerprint density at radius 3 is 2.64 bits per heavy atom. The summed E-state index contributed by atoms with van der Waals surface area (Å²) >= 11 is 0. The second-order valence-electron chi connectivity index (χ2n) is 10.7. The van der Waals surface area contributed by atoms with Gasteiger partial charge >= 0.3 is 5.97 Å². The van der Waals surface area contributed by atoms with Crippen LogP contribution < -0.4 is 5.73 Å². The van der Waals surface area contributed by atoms with E-state index in [0.717, 1.165) is 24.9 Å². The van der Waals surface area contributed by atoms with Crippen LogP contribution in [0.5, 0.6) is 0 Å². The van der Waals surface area contributed by atoms with Crippen LogP contribution in [0.25, 0.3) is 11.2 Å². The largest absolute Gasteiger partial charge is 0.465 e. The highest BCUT2D eigenvalue weighted by Crippen LogP contribution is 2.66. The molecule has 4 fully saturated rings. The van der Waals surface area contributed by atoms with E-state index in [0.29, 0.717) is 42.7 Å². The van der Waals surface area contributed by atoms with Crippen molar-refractivity contribution in [2.24, 2.45) is 17.3 Å². The zero-order valence-electron chi connectivity index (χ0n) is 19.2. The van der Waals surface area contributed by atoms with E-state index < -0.39 is 0 Å². The molecule has 7 nitrogen and oxygen atoms in total. The molecule has 172 valence electrons. The van der Waals surface area contributed by atoms with Crippen LogP contribution in [-0.2, 0) is 21.5 Å².